The van der Waals surface area contributed by atoms with Crippen LogP contribution in [0.3, 0.4) is 0 Å². The number of hydrogen-bond acceptors (Lipinski definition) is 8. The number of piperazine rings is 1. The summed E-state index contributed by atoms with van der Waals surface area (Å²) in [7, 11) is 0. The Morgan fingerprint density at radius 3 is 2.42 bits per heavy atom. The molecule has 1 amide bonds. The van der Waals surface area contributed by atoms with Gasteiger partial charge in [-0.1, -0.05) is 30.3 Å². The van der Waals surface area contributed by atoms with Gasteiger partial charge in [0.25, 0.3) is 0 Å². The first-order valence-electron chi connectivity index (χ1n) is 11.3. The molecule has 2 aliphatic rings. The average Bonchev–Trinajstić information content (AvgIpc) is 3.23. The molecule has 0 saturated carbocycles. The van der Waals surface area contributed by atoms with Crippen molar-refractivity contribution in [1.82, 2.24) is 19.8 Å². The van der Waals surface area contributed by atoms with Gasteiger partial charge in [0.15, 0.2) is 0 Å². The molecule has 9 heteroatoms. The van der Waals surface area contributed by atoms with Gasteiger partial charge in [0, 0.05) is 31.7 Å². The zero-order chi connectivity index (χ0) is 23.4. The largest absolute Gasteiger partial charge is 0.460 e. The van der Waals surface area contributed by atoms with E-state index in [9.17, 15) is 9.59 Å². The molecule has 0 bridgehead atoms. The highest BCUT2D eigenvalue weighted by molar-refractivity contribution is 5.72. The quantitative estimate of drug-likeness (QED) is 0.639. The minimum absolute atomic E-state index is 0.219. The van der Waals surface area contributed by atoms with E-state index >= 15 is 0 Å². The van der Waals surface area contributed by atoms with Gasteiger partial charge in [-0.05, 0) is 26.3 Å². The van der Waals surface area contributed by atoms with Crippen molar-refractivity contribution in [3.63, 3.8) is 0 Å². The normalized spacial score (nSPS) is 16.5. The zero-order valence-electron chi connectivity index (χ0n) is 19.5. The molecule has 33 heavy (non-hydrogen) atoms. The van der Waals surface area contributed by atoms with Crippen molar-refractivity contribution in [2.24, 2.45) is 0 Å². The number of amides is 1. The van der Waals surface area contributed by atoms with Gasteiger partial charge in [-0.2, -0.15) is 0 Å². The average molecular weight is 454 g/mol. The lowest BCUT2D eigenvalue weighted by Crippen LogP contribution is -2.48. The molecule has 0 radical (unpaired) electrons. The highest BCUT2D eigenvalue weighted by Crippen LogP contribution is 2.30. The third-order valence-electron chi connectivity index (χ3n) is 5.62. The molecule has 1 aromatic heterocycles. The van der Waals surface area contributed by atoms with Gasteiger partial charge < -0.3 is 14.4 Å². The third-order valence-corrected chi connectivity index (χ3v) is 5.62. The van der Waals surface area contributed by atoms with E-state index in [1.807, 2.05) is 51.1 Å². The second-order valence-electron chi connectivity index (χ2n) is 9.37. The monoisotopic (exact) mass is 453 g/mol. The Labute approximate surface area is 194 Å². The van der Waals surface area contributed by atoms with E-state index in [1.54, 1.807) is 11.2 Å². The fraction of sp³-hybridized carbons (Fsp3) is 0.500. The van der Waals surface area contributed by atoms with Gasteiger partial charge in [0.2, 0.25) is 0 Å². The maximum atomic E-state index is 12.5. The number of hydrogen-bond donors (Lipinski definition) is 0. The second-order valence-corrected chi connectivity index (χ2v) is 9.37. The highest BCUT2D eigenvalue weighted by Gasteiger charge is 2.32. The first-order chi connectivity index (χ1) is 15.8. The van der Waals surface area contributed by atoms with Gasteiger partial charge in [0.05, 0.1) is 25.3 Å². The van der Waals surface area contributed by atoms with Crippen LogP contribution in [0, 0.1) is 0 Å². The number of aromatic nitrogens is 2. The molecule has 0 N–H and O–H groups in total. The van der Waals surface area contributed by atoms with E-state index in [1.165, 1.54) is 0 Å². The first-order valence-corrected chi connectivity index (χ1v) is 11.3. The number of rotatable bonds is 5. The van der Waals surface area contributed by atoms with Crippen molar-refractivity contribution < 1.29 is 19.1 Å². The topological polar surface area (TPSA) is 88.1 Å². The van der Waals surface area contributed by atoms with E-state index in [0.29, 0.717) is 19.7 Å². The summed E-state index contributed by atoms with van der Waals surface area (Å²) in [4.78, 5) is 39.6. The molecule has 4 rings (SSSR count). The van der Waals surface area contributed by atoms with Gasteiger partial charge in [-0.25, -0.2) is 14.8 Å². The molecule has 1 fully saturated rings. The molecule has 1 saturated heterocycles. The van der Waals surface area contributed by atoms with E-state index in [4.69, 9.17) is 9.47 Å². The molecular formula is C24H31N5O4. The van der Waals surface area contributed by atoms with Gasteiger partial charge in [0.1, 0.15) is 24.4 Å². The minimum Gasteiger partial charge on any atom is -0.460 e. The third kappa shape index (κ3) is 5.98. The number of nitrogens with zero attached hydrogens (tertiary/aromatic N) is 5. The second kappa shape index (κ2) is 9.74. The number of esters is 1. The molecule has 3 heterocycles. The lowest BCUT2D eigenvalue weighted by Gasteiger charge is -2.35. The van der Waals surface area contributed by atoms with Crippen LogP contribution in [0.25, 0.3) is 0 Å². The van der Waals surface area contributed by atoms with Crippen molar-refractivity contribution in [2.75, 3.05) is 37.6 Å². The molecule has 176 valence electrons. The smallest absolute Gasteiger partial charge is 0.410 e. The van der Waals surface area contributed by atoms with Crippen molar-refractivity contribution >= 4 is 17.9 Å². The number of anilines is 1. The van der Waals surface area contributed by atoms with E-state index in [0.717, 1.165) is 48.8 Å². The molecule has 0 spiro atoms. The summed E-state index contributed by atoms with van der Waals surface area (Å²) in [6.45, 7) is 9.94. The van der Waals surface area contributed by atoms with Crippen molar-refractivity contribution in [3.8, 4) is 0 Å². The van der Waals surface area contributed by atoms with Crippen molar-refractivity contribution in [3.05, 3.63) is 53.5 Å². The summed E-state index contributed by atoms with van der Waals surface area (Å²) in [6.07, 6.45) is 1.21. The molecule has 2 aromatic rings. The molecule has 0 unspecified atom stereocenters. The van der Waals surface area contributed by atoms with Crippen LogP contribution in [0.5, 0.6) is 0 Å². The van der Waals surface area contributed by atoms with Gasteiger partial charge >= 0.3 is 12.1 Å². The van der Waals surface area contributed by atoms with Crippen LogP contribution in [0.1, 0.15) is 37.6 Å². The predicted molar refractivity (Wildman–Crippen MR) is 122 cm³/mol. The summed E-state index contributed by atoms with van der Waals surface area (Å²) in [5.74, 6) is 0.639. The van der Waals surface area contributed by atoms with E-state index < -0.39 is 5.60 Å². The lowest BCUT2D eigenvalue weighted by atomic mass is 10.2. The van der Waals surface area contributed by atoms with Crippen LogP contribution in [-0.2, 0) is 34.0 Å². The van der Waals surface area contributed by atoms with Crippen LogP contribution in [-0.4, -0.2) is 70.2 Å². The standard InChI is InChI=1S/C24H31N5O4/c1-24(2,3)33-23(31)29-13-19-20(14-29)25-17-26-22(19)28-11-9-27(10-12-28)15-21(30)32-16-18-7-5-4-6-8-18/h4-8,17H,9-16H2,1-3H3. The van der Waals surface area contributed by atoms with E-state index in [-0.39, 0.29) is 18.6 Å². The number of carbonyl (C=O) groups is 2. The molecule has 0 atom stereocenters. The number of fused-ring (bicyclic) bond motifs is 1. The van der Waals surface area contributed by atoms with Crippen molar-refractivity contribution in [1.29, 1.82) is 0 Å². The van der Waals surface area contributed by atoms with Crippen LogP contribution < -0.4 is 4.90 Å². The number of carbonyl (C=O) groups excluding carboxylic acids is 2. The first kappa shape index (κ1) is 23.0. The SMILES string of the molecule is CC(C)(C)OC(=O)N1Cc2ncnc(N3CCN(CC(=O)OCc4ccccc4)CC3)c2C1. The maximum absolute atomic E-state index is 12.5. The summed E-state index contributed by atoms with van der Waals surface area (Å²) < 4.78 is 10.9. The minimum atomic E-state index is -0.543. The van der Waals surface area contributed by atoms with Gasteiger partial charge in [-0.3, -0.25) is 14.6 Å². The molecule has 1 aromatic carbocycles. The fourth-order valence-electron chi connectivity index (χ4n) is 3.98. The molecule has 9 nitrogen and oxygen atoms in total. The maximum Gasteiger partial charge on any atom is 0.410 e. The molecular weight excluding hydrogens is 422 g/mol. The predicted octanol–water partition coefficient (Wildman–Crippen LogP) is 2.59. The van der Waals surface area contributed by atoms with Gasteiger partial charge in [-0.15, -0.1) is 0 Å². The number of benzene rings is 1. The zero-order valence-corrected chi connectivity index (χ0v) is 19.5. The Bertz CT molecular complexity index is 984. The van der Waals surface area contributed by atoms with Crippen LogP contribution in [0.15, 0.2) is 36.7 Å². The molecule has 0 aliphatic carbocycles. The van der Waals surface area contributed by atoms with E-state index in [2.05, 4.69) is 19.8 Å². The van der Waals surface area contributed by atoms with Crippen LogP contribution >= 0.6 is 0 Å². The summed E-state index contributed by atoms with van der Waals surface area (Å²) >= 11 is 0. The number of ether oxygens (including phenoxy) is 2. The summed E-state index contributed by atoms with van der Waals surface area (Å²) in [5, 5.41) is 0. The van der Waals surface area contributed by atoms with Crippen LogP contribution in [0.2, 0.25) is 0 Å². The Morgan fingerprint density at radius 1 is 1.00 bits per heavy atom. The Balaban J connectivity index is 1.29. The molecule has 2 aliphatic heterocycles. The Hall–Kier alpha value is -3.20. The Kier molecular flexibility index (Phi) is 6.78. The lowest BCUT2D eigenvalue weighted by molar-refractivity contribution is -0.146. The summed E-state index contributed by atoms with van der Waals surface area (Å²) in [6, 6.07) is 9.68. The Morgan fingerprint density at radius 2 is 1.73 bits per heavy atom. The van der Waals surface area contributed by atoms with Crippen molar-refractivity contribution in [2.45, 2.75) is 46.1 Å². The summed E-state index contributed by atoms with van der Waals surface area (Å²) in [5.41, 5.74) is 2.27. The van der Waals surface area contributed by atoms with Crippen LogP contribution in [0.4, 0.5) is 10.6 Å². The highest BCUT2D eigenvalue weighted by atomic mass is 16.6. The fourth-order valence-corrected chi connectivity index (χ4v) is 3.98.